The van der Waals surface area contributed by atoms with Crippen molar-refractivity contribution in [2.75, 3.05) is 7.11 Å². The maximum atomic E-state index is 11.3. The lowest BCUT2D eigenvalue weighted by Gasteiger charge is -2.11. The van der Waals surface area contributed by atoms with Crippen molar-refractivity contribution in [3.63, 3.8) is 0 Å². The summed E-state index contributed by atoms with van der Waals surface area (Å²) in [4.78, 5) is 15.7. The number of carbonyl (C=O) groups excluding carboxylic acids is 1. The zero-order valence-electron chi connectivity index (χ0n) is 12.6. The molecule has 1 aromatic carbocycles. The highest BCUT2D eigenvalue weighted by Gasteiger charge is 2.13. The molecule has 0 N–H and O–H groups in total. The van der Waals surface area contributed by atoms with E-state index in [-0.39, 0.29) is 0 Å². The Bertz CT molecular complexity index is 726. The number of nitrogens with zero attached hydrogens (tertiary/aromatic N) is 1. The Hall–Kier alpha value is -2.14. The van der Waals surface area contributed by atoms with Gasteiger partial charge < -0.3 is 9.47 Å². The van der Waals surface area contributed by atoms with Gasteiger partial charge in [0.25, 0.3) is 0 Å². The van der Waals surface area contributed by atoms with Crippen molar-refractivity contribution in [2.24, 2.45) is 0 Å². The van der Waals surface area contributed by atoms with Gasteiger partial charge >= 0.3 is 5.97 Å². The van der Waals surface area contributed by atoms with Crippen molar-refractivity contribution in [1.82, 2.24) is 4.98 Å². The normalized spacial score (nSPS) is 10.7. The summed E-state index contributed by atoms with van der Waals surface area (Å²) in [7, 11) is 1.53. The molecule has 4 nitrogen and oxygen atoms in total. The number of pyridine rings is 1. The van der Waals surface area contributed by atoms with Crippen molar-refractivity contribution in [2.45, 2.75) is 13.8 Å². The molecule has 0 aliphatic carbocycles. The molecule has 0 bridgehead atoms. The van der Waals surface area contributed by atoms with E-state index in [0.717, 1.165) is 21.4 Å². The summed E-state index contributed by atoms with van der Waals surface area (Å²) < 4.78 is 11.4. The lowest BCUT2D eigenvalue weighted by atomic mass is 10.1. The third kappa shape index (κ3) is 4.18. The minimum Gasteiger partial charge on any atom is -0.493 e. The standard InChI is InChI=1S/C17H16BrNO3/c1-11-5-4-6-15(19-11)8-7-13-9-14(18)10-16(21-3)17(13)22-12(2)20/h4-10H,1-3H3/b8-7+. The van der Waals surface area contributed by atoms with Crippen LogP contribution in [0, 0.1) is 6.92 Å². The van der Waals surface area contributed by atoms with Crippen LogP contribution in [0.4, 0.5) is 0 Å². The molecule has 114 valence electrons. The van der Waals surface area contributed by atoms with Gasteiger partial charge in [-0.3, -0.25) is 9.78 Å². The van der Waals surface area contributed by atoms with Crippen LogP contribution in [-0.2, 0) is 4.79 Å². The molecule has 0 amide bonds. The summed E-state index contributed by atoms with van der Waals surface area (Å²) in [6.45, 7) is 3.29. The SMILES string of the molecule is COc1cc(Br)cc(/C=C/c2cccc(C)n2)c1OC(C)=O. The number of aryl methyl sites for hydroxylation is 1. The highest BCUT2D eigenvalue weighted by Crippen LogP contribution is 2.36. The van der Waals surface area contributed by atoms with Gasteiger partial charge in [-0.2, -0.15) is 0 Å². The van der Waals surface area contributed by atoms with Crippen LogP contribution in [0.25, 0.3) is 12.2 Å². The van der Waals surface area contributed by atoms with E-state index in [2.05, 4.69) is 20.9 Å². The van der Waals surface area contributed by atoms with E-state index >= 15 is 0 Å². The molecule has 1 heterocycles. The minimum atomic E-state index is -0.399. The number of methoxy groups -OCH3 is 1. The topological polar surface area (TPSA) is 48.4 Å². The summed E-state index contributed by atoms with van der Waals surface area (Å²) >= 11 is 3.42. The Labute approximate surface area is 137 Å². The van der Waals surface area contributed by atoms with Crippen molar-refractivity contribution in [3.05, 3.63) is 51.8 Å². The van der Waals surface area contributed by atoms with Gasteiger partial charge in [-0.25, -0.2) is 0 Å². The average molecular weight is 362 g/mol. The Balaban J connectivity index is 2.44. The smallest absolute Gasteiger partial charge is 0.308 e. The van der Waals surface area contributed by atoms with Crippen molar-refractivity contribution in [1.29, 1.82) is 0 Å². The molecular weight excluding hydrogens is 346 g/mol. The molecule has 0 atom stereocenters. The molecular formula is C17H16BrNO3. The van der Waals surface area contributed by atoms with E-state index < -0.39 is 5.97 Å². The molecule has 0 saturated carbocycles. The fourth-order valence-electron chi connectivity index (χ4n) is 1.95. The zero-order valence-corrected chi connectivity index (χ0v) is 14.2. The molecule has 0 aliphatic heterocycles. The minimum absolute atomic E-state index is 0.391. The monoisotopic (exact) mass is 361 g/mol. The lowest BCUT2D eigenvalue weighted by molar-refractivity contribution is -0.132. The van der Waals surface area contributed by atoms with Crippen LogP contribution >= 0.6 is 15.9 Å². The number of hydrogen-bond donors (Lipinski definition) is 0. The number of hydrogen-bond acceptors (Lipinski definition) is 4. The second-order valence-corrected chi connectivity index (χ2v) is 5.57. The average Bonchev–Trinajstić information content (AvgIpc) is 2.46. The predicted molar refractivity (Wildman–Crippen MR) is 89.9 cm³/mol. The van der Waals surface area contributed by atoms with E-state index in [9.17, 15) is 4.79 Å². The number of rotatable bonds is 4. The van der Waals surface area contributed by atoms with Crippen LogP contribution < -0.4 is 9.47 Å². The lowest BCUT2D eigenvalue weighted by Crippen LogP contribution is -2.04. The maximum Gasteiger partial charge on any atom is 0.308 e. The second-order valence-electron chi connectivity index (χ2n) is 4.66. The van der Waals surface area contributed by atoms with Crippen molar-refractivity contribution < 1.29 is 14.3 Å². The van der Waals surface area contributed by atoms with Crippen molar-refractivity contribution in [3.8, 4) is 11.5 Å². The Morgan fingerprint density at radius 1 is 1.27 bits per heavy atom. The first-order valence-electron chi connectivity index (χ1n) is 6.67. The van der Waals surface area contributed by atoms with Crippen LogP contribution in [-0.4, -0.2) is 18.1 Å². The van der Waals surface area contributed by atoms with Crippen molar-refractivity contribution >= 4 is 34.1 Å². The number of benzene rings is 1. The summed E-state index contributed by atoms with van der Waals surface area (Å²) in [6, 6.07) is 9.39. The first-order valence-corrected chi connectivity index (χ1v) is 7.46. The van der Waals surface area contributed by atoms with Crippen LogP contribution in [0.3, 0.4) is 0 Å². The number of ether oxygens (including phenoxy) is 2. The molecule has 0 aliphatic rings. The first-order chi connectivity index (χ1) is 10.5. The fourth-order valence-corrected chi connectivity index (χ4v) is 2.40. The molecule has 0 saturated heterocycles. The second kappa shape index (κ2) is 7.22. The van der Waals surface area contributed by atoms with E-state index in [1.165, 1.54) is 14.0 Å². The third-order valence-corrected chi connectivity index (χ3v) is 3.32. The predicted octanol–water partition coefficient (Wildman–Crippen LogP) is 4.26. The molecule has 2 aromatic rings. The summed E-state index contributed by atoms with van der Waals surface area (Å²) in [6.07, 6.45) is 3.70. The molecule has 22 heavy (non-hydrogen) atoms. The molecule has 0 unspecified atom stereocenters. The fraction of sp³-hybridized carbons (Fsp3) is 0.176. The van der Waals surface area contributed by atoms with Crippen LogP contribution in [0.5, 0.6) is 11.5 Å². The summed E-state index contributed by atoms with van der Waals surface area (Å²) in [5.74, 6) is 0.479. The first kappa shape index (κ1) is 16.2. The van der Waals surface area contributed by atoms with E-state index in [4.69, 9.17) is 9.47 Å². The third-order valence-electron chi connectivity index (χ3n) is 2.86. The Kier molecular flexibility index (Phi) is 5.33. The van der Waals surface area contributed by atoms with Crippen LogP contribution in [0.15, 0.2) is 34.8 Å². The molecule has 2 rings (SSSR count). The number of esters is 1. The van der Waals surface area contributed by atoms with Gasteiger partial charge in [-0.15, -0.1) is 0 Å². The zero-order chi connectivity index (χ0) is 16.1. The van der Waals surface area contributed by atoms with Gasteiger partial charge in [0.2, 0.25) is 0 Å². The summed E-state index contributed by atoms with van der Waals surface area (Å²) in [5, 5.41) is 0. The highest BCUT2D eigenvalue weighted by molar-refractivity contribution is 9.10. The van der Waals surface area contributed by atoms with Crippen LogP contribution in [0.1, 0.15) is 23.9 Å². The largest absolute Gasteiger partial charge is 0.493 e. The van der Waals surface area contributed by atoms with Gasteiger partial charge in [-0.05, 0) is 43.3 Å². The molecule has 0 fully saturated rings. The Morgan fingerprint density at radius 2 is 2.05 bits per heavy atom. The number of halogens is 1. The quantitative estimate of drug-likeness (QED) is 0.603. The van der Waals surface area contributed by atoms with Gasteiger partial charge in [-0.1, -0.05) is 22.0 Å². The van der Waals surface area contributed by atoms with Gasteiger partial charge in [0.1, 0.15) is 0 Å². The van der Waals surface area contributed by atoms with E-state index in [1.54, 1.807) is 6.07 Å². The van der Waals surface area contributed by atoms with Gasteiger partial charge in [0.15, 0.2) is 11.5 Å². The highest BCUT2D eigenvalue weighted by atomic mass is 79.9. The Morgan fingerprint density at radius 3 is 2.68 bits per heavy atom. The van der Waals surface area contributed by atoms with Gasteiger partial charge in [0.05, 0.1) is 12.8 Å². The van der Waals surface area contributed by atoms with Crippen LogP contribution in [0.2, 0.25) is 0 Å². The number of carbonyl (C=O) groups is 1. The molecule has 1 aromatic heterocycles. The molecule has 0 radical (unpaired) electrons. The summed E-state index contributed by atoms with van der Waals surface area (Å²) in [5.41, 5.74) is 2.49. The van der Waals surface area contributed by atoms with E-state index in [1.807, 2.05) is 43.3 Å². The number of aromatic nitrogens is 1. The maximum absolute atomic E-state index is 11.3. The molecule has 0 spiro atoms. The molecule has 5 heteroatoms. The van der Waals surface area contributed by atoms with Gasteiger partial charge in [0, 0.05) is 22.7 Å². The van der Waals surface area contributed by atoms with E-state index in [0.29, 0.717) is 11.5 Å².